The lowest BCUT2D eigenvalue weighted by Gasteiger charge is -2.48. The Morgan fingerprint density at radius 1 is 0.434 bits per heavy atom. The second-order valence-corrected chi connectivity index (χ2v) is 18.8. The summed E-state index contributed by atoms with van der Waals surface area (Å²) in [5, 5.41) is 0. The minimum Gasteiger partial charge on any atom is -0.465 e. The molecule has 3 aliphatic rings. The van der Waals surface area contributed by atoms with Crippen molar-refractivity contribution in [2.24, 2.45) is 10.8 Å². The zero-order chi connectivity index (χ0) is 55.6. The molecule has 1 aliphatic carbocycles. The highest BCUT2D eigenvalue weighted by Crippen LogP contribution is 2.38. The van der Waals surface area contributed by atoms with E-state index < -0.39 is 117 Å². The highest BCUT2D eigenvalue weighted by Gasteiger charge is 2.46. The Labute approximate surface area is 444 Å². The molecule has 0 radical (unpaired) electrons. The van der Waals surface area contributed by atoms with Gasteiger partial charge in [0.15, 0.2) is 5.78 Å². The Bertz CT molecular complexity index is 2140. The molecule has 21 heteroatoms. The maximum Gasteiger partial charge on any atom is 0.330 e. The SMILES string of the molecule is C=CC(=O)OCC(COC(=O)C=C)(COC(=O)C=C)COC(=O)CCN1CCN(c2ccc(C(=O)C3(N4CCN(CCC(=O)OCC(COC(=O)C=C)(COC(=O)C=C)COC(=O)C=C)CC4)CCCCC3)cc2)CC1. The molecular weight excluding hydrogens is 989 g/mol. The first-order valence-corrected chi connectivity index (χ1v) is 25.1. The topological polar surface area (TPSA) is 240 Å². The average Bonchev–Trinajstić information content (AvgIpc) is 3.47. The van der Waals surface area contributed by atoms with Crippen LogP contribution in [0.2, 0.25) is 0 Å². The lowest BCUT2D eigenvalue weighted by Crippen LogP contribution is -2.61. The molecule has 414 valence electrons. The van der Waals surface area contributed by atoms with Gasteiger partial charge in [0.1, 0.15) is 63.7 Å². The van der Waals surface area contributed by atoms with E-state index in [9.17, 15) is 43.2 Å². The number of anilines is 1. The van der Waals surface area contributed by atoms with Gasteiger partial charge >= 0.3 is 47.8 Å². The van der Waals surface area contributed by atoms with Crippen molar-refractivity contribution < 1.29 is 81.0 Å². The molecular formula is C55H72N4O17. The number of nitrogens with zero attached hydrogens (tertiary/aromatic N) is 4. The van der Waals surface area contributed by atoms with E-state index in [1.165, 1.54) is 0 Å². The van der Waals surface area contributed by atoms with Gasteiger partial charge in [-0.25, -0.2) is 28.8 Å². The van der Waals surface area contributed by atoms with Crippen molar-refractivity contribution in [1.82, 2.24) is 14.7 Å². The van der Waals surface area contributed by atoms with E-state index in [1.54, 1.807) is 0 Å². The molecule has 0 unspecified atom stereocenters. The number of carbonyl (C=O) groups is 9. The molecule has 2 aliphatic heterocycles. The molecule has 2 heterocycles. The third kappa shape index (κ3) is 19.2. The van der Waals surface area contributed by atoms with Crippen molar-refractivity contribution in [3.05, 3.63) is 106 Å². The summed E-state index contributed by atoms with van der Waals surface area (Å²) in [6, 6.07) is 7.76. The summed E-state index contributed by atoms with van der Waals surface area (Å²) >= 11 is 0. The Kier molecular flexibility index (Phi) is 25.0. The van der Waals surface area contributed by atoms with Crippen LogP contribution in [0.4, 0.5) is 5.69 Å². The summed E-state index contributed by atoms with van der Waals surface area (Å²) in [5.41, 5.74) is -1.91. The molecule has 0 aromatic heterocycles. The summed E-state index contributed by atoms with van der Waals surface area (Å²) in [6.07, 6.45) is 10.1. The fourth-order valence-corrected chi connectivity index (χ4v) is 8.85. The van der Waals surface area contributed by atoms with Gasteiger partial charge in [0.2, 0.25) is 0 Å². The third-order valence-corrected chi connectivity index (χ3v) is 13.4. The van der Waals surface area contributed by atoms with E-state index in [0.717, 1.165) is 74.2 Å². The highest BCUT2D eigenvalue weighted by molar-refractivity contribution is 6.03. The van der Waals surface area contributed by atoms with E-state index in [4.69, 9.17) is 37.9 Å². The maximum absolute atomic E-state index is 14.6. The van der Waals surface area contributed by atoms with Crippen molar-refractivity contribution in [1.29, 1.82) is 0 Å². The first-order chi connectivity index (χ1) is 36.5. The smallest absolute Gasteiger partial charge is 0.330 e. The van der Waals surface area contributed by atoms with Crippen molar-refractivity contribution in [3.8, 4) is 0 Å². The number of hydrogen-bond acceptors (Lipinski definition) is 21. The van der Waals surface area contributed by atoms with E-state index in [0.29, 0.717) is 71.0 Å². The normalized spacial score (nSPS) is 16.0. The molecule has 21 nitrogen and oxygen atoms in total. The predicted octanol–water partition coefficient (Wildman–Crippen LogP) is 3.53. The minimum absolute atomic E-state index is 0.0136. The van der Waals surface area contributed by atoms with Crippen LogP contribution in [-0.2, 0) is 76.3 Å². The number of hydrogen-bond donors (Lipinski definition) is 0. The Balaban J connectivity index is 1.29. The van der Waals surface area contributed by atoms with Crippen LogP contribution >= 0.6 is 0 Å². The van der Waals surface area contributed by atoms with Gasteiger partial charge < -0.3 is 47.7 Å². The van der Waals surface area contributed by atoms with Crippen molar-refractivity contribution in [2.45, 2.75) is 50.5 Å². The monoisotopic (exact) mass is 1060 g/mol. The molecule has 1 aromatic rings. The molecule has 1 aromatic carbocycles. The highest BCUT2D eigenvalue weighted by atomic mass is 16.6. The Morgan fingerprint density at radius 3 is 1.08 bits per heavy atom. The van der Waals surface area contributed by atoms with Crippen LogP contribution in [0.1, 0.15) is 55.3 Å². The molecule has 0 atom stereocenters. The van der Waals surface area contributed by atoms with Gasteiger partial charge in [-0.15, -0.1) is 0 Å². The maximum atomic E-state index is 14.6. The summed E-state index contributed by atoms with van der Waals surface area (Å²) in [4.78, 5) is 121. The van der Waals surface area contributed by atoms with Gasteiger partial charge in [0, 0.05) is 113 Å². The van der Waals surface area contributed by atoms with Crippen LogP contribution in [0.15, 0.2) is 100 Å². The third-order valence-electron chi connectivity index (χ3n) is 13.4. The molecule has 4 rings (SSSR count). The van der Waals surface area contributed by atoms with Crippen LogP contribution in [0.3, 0.4) is 0 Å². The number of Topliss-reactive ketones (excluding diaryl/α,β-unsaturated/α-hetero) is 1. The predicted molar refractivity (Wildman–Crippen MR) is 276 cm³/mol. The Morgan fingerprint density at radius 2 is 0.750 bits per heavy atom. The number of piperazine rings is 2. The molecule has 0 amide bonds. The molecule has 1 saturated carbocycles. The largest absolute Gasteiger partial charge is 0.465 e. The summed E-state index contributed by atoms with van der Waals surface area (Å²) < 4.78 is 42.4. The van der Waals surface area contributed by atoms with E-state index >= 15 is 0 Å². The first-order valence-electron chi connectivity index (χ1n) is 25.1. The second kappa shape index (κ2) is 31.0. The number of ketones is 1. The zero-order valence-corrected chi connectivity index (χ0v) is 43.4. The van der Waals surface area contributed by atoms with Gasteiger partial charge in [-0.3, -0.25) is 24.2 Å². The standard InChI is InChI=1S/C55H72N4O17/c1-7-44(60)69-34-53(35-70-45(61)8-2,36-71-46(62)9-3)40-75-50(66)20-24-56-26-30-58(31-27-56)43-18-16-42(17-19-43)52(68)55(22-14-13-15-23-55)59-32-28-57(29-33-59)25-21-51(67)76-41-54(37-72-47(63)10-4,38-73-48(64)11-5)39-74-49(65)12-6/h7-12,16-19H,1-6,13-15,20-41H2. The lowest BCUT2D eigenvalue weighted by atomic mass is 9.74. The first kappa shape index (κ1) is 61.3. The van der Waals surface area contributed by atoms with Crippen molar-refractivity contribution in [3.63, 3.8) is 0 Å². The van der Waals surface area contributed by atoms with Crippen LogP contribution in [0.25, 0.3) is 0 Å². The number of benzene rings is 1. The molecule has 3 fully saturated rings. The number of rotatable bonds is 32. The molecule has 2 saturated heterocycles. The molecule has 76 heavy (non-hydrogen) atoms. The molecule has 0 spiro atoms. The number of ether oxygens (including phenoxy) is 8. The van der Waals surface area contributed by atoms with Crippen LogP contribution < -0.4 is 4.90 Å². The molecule has 0 bridgehead atoms. The van der Waals surface area contributed by atoms with Gasteiger partial charge in [0.25, 0.3) is 0 Å². The summed E-state index contributed by atoms with van der Waals surface area (Å²) in [7, 11) is 0. The van der Waals surface area contributed by atoms with Gasteiger partial charge in [-0.1, -0.05) is 58.7 Å². The quantitative estimate of drug-likeness (QED) is 0.0434. The van der Waals surface area contributed by atoms with Gasteiger partial charge in [-0.05, 0) is 37.1 Å². The zero-order valence-electron chi connectivity index (χ0n) is 43.4. The van der Waals surface area contributed by atoms with E-state index in [-0.39, 0.29) is 18.6 Å². The summed E-state index contributed by atoms with van der Waals surface area (Å²) in [5.74, 6) is -5.75. The second-order valence-electron chi connectivity index (χ2n) is 18.8. The van der Waals surface area contributed by atoms with Crippen LogP contribution in [0.5, 0.6) is 0 Å². The average molecular weight is 1060 g/mol. The van der Waals surface area contributed by atoms with E-state index in [1.807, 2.05) is 24.3 Å². The minimum atomic E-state index is -1.44. The fraction of sp³-hybridized carbons (Fsp3) is 0.509. The lowest BCUT2D eigenvalue weighted by molar-refractivity contribution is -0.169. The Hall–Kier alpha value is -7.23. The van der Waals surface area contributed by atoms with Crippen LogP contribution in [-0.4, -0.2) is 192 Å². The summed E-state index contributed by atoms with van der Waals surface area (Å²) in [6.45, 7) is 22.8. The van der Waals surface area contributed by atoms with Crippen molar-refractivity contribution in [2.75, 3.05) is 123 Å². The van der Waals surface area contributed by atoms with Gasteiger partial charge in [-0.2, -0.15) is 0 Å². The number of carbonyl (C=O) groups excluding carboxylic acids is 9. The molecule has 0 N–H and O–H groups in total. The van der Waals surface area contributed by atoms with Crippen molar-refractivity contribution >= 4 is 59.2 Å². The van der Waals surface area contributed by atoms with Gasteiger partial charge in [0.05, 0.1) is 18.4 Å². The van der Waals surface area contributed by atoms with Crippen LogP contribution in [0, 0.1) is 10.8 Å². The fourth-order valence-electron chi connectivity index (χ4n) is 8.85. The number of esters is 8. The van der Waals surface area contributed by atoms with E-state index in [2.05, 4.69) is 59.1 Å².